The minimum Gasteiger partial charge on any atom is -0.474 e. The van der Waals surface area contributed by atoms with Crippen molar-refractivity contribution in [2.24, 2.45) is 5.10 Å². The van der Waals surface area contributed by atoms with Crippen LogP contribution >= 0.6 is 0 Å². The number of carboxylic acids is 1. The first kappa shape index (κ1) is 7.32. The van der Waals surface area contributed by atoms with E-state index in [1.54, 1.807) is 0 Å². The van der Waals surface area contributed by atoms with E-state index in [0.717, 1.165) is 6.08 Å². The quantitative estimate of drug-likeness (QED) is 0.194. The van der Waals surface area contributed by atoms with E-state index in [0.29, 0.717) is 0 Å². The third kappa shape index (κ3) is 2.95. The topological polar surface area (TPSA) is 95.8 Å². The monoisotopic (exact) mass is 130 g/mol. The van der Waals surface area contributed by atoms with Crippen molar-refractivity contribution in [3.05, 3.63) is 0 Å². The lowest BCUT2D eigenvalue weighted by Gasteiger charge is -1.85. The Labute approximate surface area is 49.2 Å². The van der Waals surface area contributed by atoms with Gasteiger partial charge in [0, 0.05) is 0 Å². The van der Waals surface area contributed by atoms with Crippen LogP contribution in [0.15, 0.2) is 5.10 Å². The predicted molar refractivity (Wildman–Crippen MR) is 23.9 cm³/mol. The third-order valence-corrected chi connectivity index (χ3v) is 0.397. The first-order valence-electron chi connectivity index (χ1n) is 1.78. The first-order chi connectivity index (χ1) is 4.18. The Morgan fingerprint density at radius 3 is 2.44 bits per heavy atom. The zero-order valence-corrected chi connectivity index (χ0v) is 4.12. The van der Waals surface area contributed by atoms with Crippen LogP contribution in [0.25, 0.3) is 0 Å². The standard InChI is InChI=1S/C3H2N2O4/c6-1-4-5-2(7)3(8)9/h(H,5,7)(H,8,9). The maximum Gasteiger partial charge on any atom is 0.396 e. The van der Waals surface area contributed by atoms with Crippen LogP contribution in [0.2, 0.25) is 0 Å². The Kier molecular flexibility index (Phi) is 2.72. The lowest BCUT2D eigenvalue weighted by molar-refractivity contribution is -0.150. The summed E-state index contributed by atoms with van der Waals surface area (Å²) < 4.78 is 0. The molecule has 0 aliphatic heterocycles. The Morgan fingerprint density at radius 1 is 1.56 bits per heavy atom. The number of hydrogen-bond acceptors (Lipinski definition) is 4. The summed E-state index contributed by atoms with van der Waals surface area (Å²) in [6, 6.07) is 0. The molecule has 1 amide bonds. The number of aliphatic carboxylic acids is 1. The number of nitrogens with one attached hydrogen (secondary N) is 1. The van der Waals surface area contributed by atoms with Crippen molar-refractivity contribution in [2.75, 3.05) is 0 Å². The average molecular weight is 130 g/mol. The van der Waals surface area contributed by atoms with Gasteiger partial charge in [-0.05, 0) is 0 Å². The molecule has 0 aliphatic carbocycles. The molecule has 0 saturated carbocycles. The van der Waals surface area contributed by atoms with Crippen molar-refractivity contribution >= 4 is 18.0 Å². The fourth-order valence-electron chi connectivity index (χ4n) is 0.121. The lowest BCUT2D eigenvalue weighted by atomic mass is 10.7. The van der Waals surface area contributed by atoms with E-state index in [1.807, 2.05) is 0 Å². The van der Waals surface area contributed by atoms with Crippen LogP contribution in [0.1, 0.15) is 0 Å². The van der Waals surface area contributed by atoms with Crippen LogP contribution in [-0.2, 0) is 14.4 Å². The summed E-state index contributed by atoms with van der Waals surface area (Å²) in [5, 5.41) is 10.3. The van der Waals surface area contributed by atoms with E-state index >= 15 is 0 Å². The molecule has 0 unspecified atom stereocenters. The molecule has 0 aliphatic rings. The summed E-state index contributed by atoms with van der Waals surface area (Å²) in [6.07, 6.45) is 0.933. The Bertz CT molecular complexity index is 180. The summed E-state index contributed by atoms with van der Waals surface area (Å²) in [7, 11) is 0. The summed E-state index contributed by atoms with van der Waals surface area (Å²) >= 11 is 0. The molecule has 6 nitrogen and oxygen atoms in total. The molecule has 9 heavy (non-hydrogen) atoms. The van der Waals surface area contributed by atoms with Gasteiger partial charge in [-0.1, -0.05) is 5.10 Å². The molecule has 0 atom stereocenters. The zero-order valence-electron chi connectivity index (χ0n) is 4.12. The van der Waals surface area contributed by atoms with Crippen molar-refractivity contribution in [2.45, 2.75) is 0 Å². The van der Waals surface area contributed by atoms with E-state index in [2.05, 4.69) is 5.10 Å². The fraction of sp³-hybridized carbons (Fsp3) is 0. The minimum atomic E-state index is -1.70. The number of carbonyl (C=O) groups excluding carboxylic acids is 2. The van der Waals surface area contributed by atoms with E-state index < -0.39 is 11.9 Å². The number of carbonyl (C=O) groups is 2. The SMILES string of the molecule is O=C=NNC(=O)C(=O)O. The van der Waals surface area contributed by atoms with Gasteiger partial charge in [-0.25, -0.2) is 15.0 Å². The molecule has 0 aromatic carbocycles. The fourth-order valence-corrected chi connectivity index (χ4v) is 0.121. The molecule has 0 saturated heterocycles. The molecule has 0 radical (unpaired) electrons. The van der Waals surface area contributed by atoms with Crippen molar-refractivity contribution in [3.8, 4) is 0 Å². The third-order valence-electron chi connectivity index (χ3n) is 0.397. The van der Waals surface area contributed by atoms with Crippen LogP contribution < -0.4 is 5.43 Å². The summed E-state index contributed by atoms with van der Waals surface area (Å²) in [4.78, 5) is 28.8. The Morgan fingerprint density at radius 2 is 2.11 bits per heavy atom. The van der Waals surface area contributed by atoms with E-state index in [9.17, 15) is 14.4 Å². The van der Waals surface area contributed by atoms with E-state index in [4.69, 9.17) is 5.11 Å². The van der Waals surface area contributed by atoms with Crippen LogP contribution in [0.3, 0.4) is 0 Å². The van der Waals surface area contributed by atoms with Crippen molar-refractivity contribution in [3.63, 3.8) is 0 Å². The van der Waals surface area contributed by atoms with Gasteiger partial charge in [-0.3, -0.25) is 4.79 Å². The molecule has 0 heterocycles. The number of isocyanates is 1. The second kappa shape index (κ2) is 3.34. The smallest absolute Gasteiger partial charge is 0.396 e. The van der Waals surface area contributed by atoms with Crippen molar-refractivity contribution in [1.29, 1.82) is 0 Å². The second-order valence-corrected chi connectivity index (χ2v) is 0.949. The van der Waals surface area contributed by atoms with Crippen LogP contribution in [0.4, 0.5) is 0 Å². The van der Waals surface area contributed by atoms with Gasteiger partial charge >= 0.3 is 11.9 Å². The molecule has 0 rings (SSSR count). The molecule has 6 heteroatoms. The number of carboxylic acid groups (broad SMARTS) is 1. The van der Waals surface area contributed by atoms with Gasteiger partial charge in [-0.2, -0.15) is 0 Å². The highest BCUT2D eigenvalue weighted by Crippen LogP contribution is 1.62. The van der Waals surface area contributed by atoms with Gasteiger partial charge in [0.25, 0.3) is 6.08 Å². The summed E-state index contributed by atoms with van der Waals surface area (Å²) in [5.74, 6) is -3.06. The Balaban J connectivity index is 3.78. The van der Waals surface area contributed by atoms with E-state index in [1.165, 1.54) is 5.43 Å². The molecular formula is C3H2N2O4. The first-order valence-corrected chi connectivity index (χ1v) is 1.78. The number of rotatable bonds is 1. The van der Waals surface area contributed by atoms with Gasteiger partial charge < -0.3 is 5.11 Å². The Hall–Kier alpha value is -1.68. The molecular weight excluding hydrogens is 128 g/mol. The largest absolute Gasteiger partial charge is 0.474 e. The van der Waals surface area contributed by atoms with Gasteiger partial charge in [0.2, 0.25) is 0 Å². The molecule has 2 N–H and O–H groups in total. The highest BCUT2D eigenvalue weighted by atomic mass is 16.4. The number of hydrazone groups is 1. The summed E-state index contributed by atoms with van der Waals surface area (Å²) in [5.41, 5.74) is 1.39. The molecule has 0 aromatic rings. The maximum atomic E-state index is 9.92. The number of hydrogen-bond donors (Lipinski definition) is 2. The van der Waals surface area contributed by atoms with Gasteiger partial charge in [0.1, 0.15) is 0 Å². The molecule has 0 fully saturated rings. The van der Waals surface area contributed by atoms with Gasteiger partial charge in [-0.15, -0.1) is 0 Å². The van der Waals surface area contributed by atoms with Crippen molar-refractivity contribution < 1.29 is 19.5 Å². The normalized spacial score (nSPS) is 7.11. The van der Waals surface area contributed by atoms with Crippen molar-refractivity contribution in [1.82, 2.24) is 5.43 Å². The summed E-state index contributed by atoms with van der Waals surface area (Å²) in [6.45, 7) is 0. The highest BCUT2D eigenvalue weighted by Gasteiger charge is 2.07. The highest BCUT2D eigenvalue weighted by molar-refractivity contribution is 6.31. The van der Waals surface area contributed by atoms with Gasteiger partial charge in [0.05, 0.1) is 0 Å². The molecule has 0 spiro atoms. The second-order valence-electron chi connectivity index (χ2n) is 0.949. The molecule has 48 valence electrons. The number of nitrogens with zero attached hydrogens (tertiary/aromatic N) is 1. The molecule has 0 bridgehead atoms. The van der Waals surface area contributed by atoms with Crippen LogP contribution in [0, 0.1) is 0 Å². The average Bonchev–Trinajstić information content (AvgIpc) is 1.82. The van der Waals surface area contributed by atoms with Crippen LogP contribution in [-0.4, -0.2) is 23.1 Å². The zero-order chi connectivity index (χ0) is 7.28. The predicted octanol–water partition coefficient (Wildman–Crippen LogP) is -1.56. The van der Waals surface area contributed by atoms with Gasteiger partial charge in [0.15, 0.2) is 0 Å². The lowest BCUT2D eigenvalue weighted by Crippen LogP contribution is -2.25. The van der Waals surface area contributed by atoms with Crippen LogP contribution in [0.5, 0.6) is 0 Å². The number of amides is 1. The minimum absolute atomic E-state index is 0.933. The van der Waals surface area contributed by atoms with E-state index in [-0.39, 0.29) is 0 Å². The maximum absolute atomic E-state index is 9.92. The molecule has 0 aromatic heterocycles.